The summed E-state index contributed by atoms with van der Waals surface area (Å²) in [7, 11) is 0. The number of carboxylic acid groups (broad SMARTS) is 1. The number of hydrogen-bond donors (Lipinski definition) is 1. The Morgan fingerprint density at radius 2 is 2.00 bits per heavy atom. The zero-order valence-electron chi connectivity index (χ0n) is 12.6. The Morgan fingerprint density at radius 1 is 1.23 bits per heavy atom. The molecule has 1 aromatic carbocycles. The van der Waals surface area contributed by atoms with Crippen LogP contribution in [0.4, 0.5) is 5.82 Å². The van der Waals surface area contributed by atoms with E-state index in [0.717, 1.165) is 24.9 Å². The minimum atomic E-state index is -1.02. The summed E-state index contributed by atoms with van der Waals surface area (Å²) in [4.78, 5) is 22.4. The number of aromatic carboxylic acids is 1. The van der Waals surface area contributed by atoms with Gasteiger partial charge in [0, 0.05) is 24.2 Å². The Balaban J connectivity index is 2.06. The molecule has 0 saturated carbocycles. The number of nitrogens with zero attached hydrogens (tertiary/aromatic N) is 3. The molecule has 5 heteroatoms. The Bertz CT molecular complexity index is 673. The average molecular weight is 297 g/mol. The molecular formula is C17H19N3O2. The van der Waals surface area contributed by atoms with E-state index in [4.69, 9.17) is 0 Å². The van der Waals surface area contributed by atoms with Crippen LogP contribution in [0.3, 0.4) is 0 Å². The fraction of sp³-hybridized carbons (Fsp3) is 0.353. The van der Waals surface area contributed by atoms with Gasteiger partial charge in [-0.15, -0.1) is 0 Å². The highest BCUT2D eigenvalue weighted by atomic mass is 16.4. The van der Waals surface area contributed by atoms with E-state index in [0.29, 0.717) is 17.7 Å². The lowest BCUT2D eigenvalue weighted by atomic mass is 10.0. The standard InChI is InChI=1S/C17H19N3O2/c1-12-7-5-6-10-20(12)15-11-14(17(21)22)18-16(19-15)13-8-3-2-4-9-13/h2-4,8-9,11-12H,5-7,10H2,1H3,(H,21,22). The third kappa shape index (κ3) is 2.93. The van der Waals surface area contributed by atoms with Crippen LogP contribution in [0.2, 0.25) is 0 Å². The van der Waals surface area contributed by atoms with Crippen LogP contribution < -0.4 is 4.90 Å². The normalized spacial score (nSPS) is 18.2. The first-order valence-electron chi connectivity index (χ1n) is 7.59. The Hall–Kier alpha value is -2.43. The van der Waals surface area contributed by atoms with Crippen molar-refractivity contribution >= 4 is 11.8 Å². The lowest BCUT2D eigenvalue weighted by molar-refractivity contribution is 0.0690. The first-order valence-corrected chi connectivity index (χ1v) is 7.59. The fourth-order valence-electron chi connectivity index (χ4n) is 2.85. The minimum Gasteiger partial charge on any atom is -0.477 e. The van der Waals surface area contributed by atoms with Crippen molar-refractivity contribution in [2.45, 2.75) is 32.2 Å². The van der Waals surface area contributed by atoms with Gasteiger partial charge in [-0.3, -0.25) is 0 Å². The van der Waals surface area contributed by atoms with Crippen molar-refractivity contribution in [2.24, 2.45) is 0 Å². The summed E-state index contributed by atoms with van der Waals surface area (Å²) in [6, 6.07) is 11.4. The van der Waals surface area contributed by atoms with Crippen molar-refractivity contribution in [2.75, 3.05) is 11.4 Å². The Morgan fingerprint density at radius 3 is 2.68 bits per heavy atom. The number of piperidine rings is 1. The molecule has 3 rings (SSSR count). The lowest BCUT2D eigenvalue weighted by Gasteiger charge is -2.34. The van der Waals surface area contributed by atoms with Gasteiger partial charge in [0.2, 0.25) is 0 Å². The van der Waals surface area contributed by atoms with Gasteiger partial charge in [0.05, 0.1) is 0 Å². The topological polar surface area (TPSA) is 66.3 Å². The van der Waals surface area contributed by atoms with Gasteiger partial charge in [-0.1, -0.05) is 30.3 Å². The molecule has 2 heterocycles. The van der Waals surface area contributed by atoms with Crippen molar-refractivity contribution in [3.05, 3.63) is 42.1 Å². The maximum atomic E-state index is 11.4. The molecule has 1 unspecified atom stereocenters. The number of hydrogen-bond acceptors (Lipinski definition) is 4. The van der Waals surface area contributed by atoms with Crippen LogP contribution in [0.25, 0.3) is 11.4 Å². The van der Waals surface area contributed by atoms with Gasteiger partial charge in [-0.25, -0.2) is 14.8 Å². The zero-order chi connectivity index (χ0) is 15.5. The van der Waals surface area contributed by atoms with Crippen molar-refractivity contribution in [1.82, 2.24) is 9.97 Å². The summed E-state index contributed by atoms with van der Waals surface area (Å²) < 4.78 is 0. The number of carbonyl (C=O) groups is 1. The fourth-order valence-corrected chi connectivity index (χ4v) is 2.85. The van der Waals surface area contributed by atoms with E-state index in [-0.39, 0.29) is 5.69 Å². The Kier molecular flexibility index (Phi) is 4.04. The van der Waals surface area contributed by atoms with Crippen molar-refractivity contribution in [3.63, 3.8) is 0 Å². The van der Waals surface area contributed by atoms with Gasteiger partial charge in [-0.05, 0) is 26.2 Å². The third-order valence-electron chi connectivity index (χ3n) is 4.06. The molecule has 1 fully saturated rings. The van der Waals surface area contributed by atoms with E-state index in [1.165, 1.54) is 6.42 Å². The number of carboxylic acids is 1. The first-order chi connectivity index (χ1) is 10.6. The number of rotatable bonds is 3. The molecule has 0 amide bonds. The average Bonchev–Trinajstić information content (AvgIpc) is 2.55. The van der Waals surface area contributed by atoms with Gasteiger partial charge < -0.3 is 10.0 Å². The summed E-state index contributed by atoms with van der Waals surface area (Å²) in [6.45, 7) is 3.06. The van der Waals surface area contributed by atoms with Gasteiger partial charge in [0.1, 0.15) is 5.82 Å². The summed E-state index contributed by atoms with van der Waals surface area (Å²) in [5, 5.41) is 9.34. The number of anilines is 1. The SMILES string of the molecule is CC1CCCCN1c1cc(C(=O)O)nc(-c2ccccc2)n1. The van der Waals surface area contributed by atoms with Gasteiger partial charge >= 0.3 is 5.97 Å². The second kappa shape index (κ2) is 6.13. The highest BCUT2D eigenvalue weighted by Crippen LogP contribution is 2.26. The third-order valence-corrected chi connectivity index (χ3v) is 4.06. The molecule has 1 saturated heterocycles. The van der Waals surface area contributed by atoms with Crippen LogP contribution >= 0.6 is 0 Å². The molecule has 114 valence electrons. The van der Waals surface area contributed by atoms with E-state index < -0.39 is 5.97 Å². The summed E-state index contributed by atoms with van der Waals surface area (Å²) in [5.74, 6) is 0.150. The minimum absolute atomic E-state index is 0.0432. The Labute approximate surface area is 129 Å². The van der Waals surface area contributed by atoms with Crippen LogP contribution in [0, 0.1) is 0 Å². The second-order valence-electron chi connectivity index (χ2n) is 5.64. The van der Waals surface area contributed by atoms with Crippen molar-refractivity contribution < 1.29 is 9.90 Å². The summed E-state index contributed by atoms with van der Waals surface area (Å²) in [5.41, 5.74) is 0.873. The van der Waals surface area contributed by atoms with Crippen LogP contribution in [0.5, 0.6) is 0 Å². The van der Waals surface area contributed by atoms with Crippen LogP contribution in [-0.4, -0.2) is 33.6 Å². The zero-order valence-corrected chi connectivity index (χ0v) is 12.6. The smallest absolute Gasteiger partial charge is 0.354 e. The van der Waals surface area contributed by atoms with E-state index in [1.807, 2.05) is 30.3 Å². The second-order valence-corrected chi connectivity index (χ2v) is 5.64. The molecule has 1 aliphatic rings. The molecule has 5 nitrogen and oxygen atoms in total. The number of aromatic nitrogens is 2. The maximum absolute atomic E-state index is 11.4. The van der Waals surface area contributed by atoms with Gasteiger partial charge in [0.25, 0.3) is 0 Å². The molecule has 1 atom stereocenters. The van der Waals surface area contributed by atoms with Crippen LogP contribution in [0.1, 0.15) is 36.7 Å². The highest BCUT2D eigenvalue weighted by Gasteiger charge is 2.22. The molecule has 0 spiro atoms. The largest absolute Gasteiger partial charge is 0.477 e. The molecule has 0 radical (unpaired) electrons. The van der Waals surface area contributed by atoms with E-state index in [9.17, 15) is 9.90 Å². The summed E-state index contributed by atoms with van der Waals surface area (Å²) >= 11 is 0. The van der Waals surface area contributed by atoms with Gasteiger partial charge in [-0.2, -0.15) is 0 Å². The monoisotopic (exact) mass is 297 g/mol. The highest BCUT2D eigenvalue weighted by molar-refractivity contribution is 5.87. The van der Waals surface area contributed by atoms with E-state index in [2.05, 4.69) is 21.8 Å². The van der Waals surface area contributed by atoms with E-state index >= 15 is 0 Å². The predicted octanol–water partition coefficient (Wildman–Crippen LogP) is 3.22. The summed E-state index contributed by atoms with van der Waals surface area (Å²) in [6.07, 6.45) is 3.42. The molecule has 0 bridgehead atoms. The van der Waals surface area contributed by atoms with E-state index in [1.54, 1.807) is 6.07 Å². The van der Waals surface area contributed by atoms with Crippen LogP contribution in [-0.2, 0) is 0 Å². The van der Waals surface area contributed by atoms with Crippen molar-refractivity contribution in [1.29, 1.82) is 0 Å². The molecule has 1 aromatic heterocycles. The predicted molar refractivity (Wildman–Crippen MR) is 85.1 cm³/mol. The molecule has 0 aliphatic carbocycles. The van der Waals surface area contributed by atoms with Crippen molar-refractivity contribution in [3.8, 4) is 11.4 Å². The quantitative estimate of drug-likeness (QED) is 0.942. The number of benzene rings is 1. The molecular weight excluding hydrogens is 278 g/mol. The molecule has 2 aromatic rings. The van der Waals surface area contributed by atoms with Crippen LogP contribution in [0.15, 0.2) is 36.4 Å². The van der Waals surface area contributed by atoms with Gasteiger partial charge in [0.15, 0.2) is 11.5 Å². The first kappa shape index (κ1) is 14.5. The molecule has 1 N–H and O–H groups in total. The lowest BCUT2D eigenvalue weighted by Crippen LogP contribution is -2.38. The molecule has 22 heavy (non-hydrogen) atoms. The maximum Gasteiger partial charge on any atom is 0.354 e. The molecule has 1 aliphatic heterocycles.